The highest BCUT2D eigenvalue weighted by Crippen LogP contribution is 2.27. The van der Waals surface area contributed by atoms with Gasteiger partial charge in [-0.05, 0) is 19.1 Å². The van der Waals surface area contributed by atoms with Crippen LogP contribution in [0.3, 0.4) is 0 Å². The molecule has 0 N–H and O–H groups in total. The minimum absolute atomic E-state index is 0.455. The Labute approximate surface area is 112 Å². The summed E-state index contributed by atoms with van der Waals surface area (Å²) in [7, 11) is 0. The van der Waals surface area contributed by atoms with E-state index in [-0.39, 0.29) is 0 Å². The van der Waals surface area contributed by atoms with E-state index in [1.165, 1.54) is 0 Å². The molecule has 2 heterocycles. The lowest BCUT2D eigenvalue weighted by molar-refractivity contribution is 0.859. The van der Waals surface area contributed by atoms with E-state index < -0.39 is 0 Å². The van der Waals surface area contributed by atoms with Gasteiger partial charge in [-0.3, -0.25) is 0 Å². The number of halogens is 2. The topological polar surface area (TPSA) is 56.0 Å². The molecule has 0 aliphatic rings. The first-order valence-electron chi connectivity index (χ1n) is 5.15. The Bertz CT molecular complexity index is 737. The monoisotopic (exact) mass is 279 g/mol. The molecule has 0 aliphatic heterocycles. The molecule has 0 fully saturated rings. The molecule has 0 saturated carbocycles. The van der Waals surface area contributed by atoms with Gasteiger partial charge in [0.15, 0.2) is 5.82 Å². The molecule has 0 amide bonds. The summed E-state index contributed by atoms with van der Waals surface area (Å²) >= 11 is 11.8. The Hall–Kier alpha value is -1.72. The number of nitrogens with zero attached hydrogens (tertiary/aromatic N) is 5. The van der Waals surface area contributed by atoms with Gasteiger partial charge in [0.2, 0.25) is 0 Å². The molecule has 0 atom stereocenters. The fourth-order valence-electron chi connectivity index (χ4n) is 1.60. The number of aromatic nitrogens is 5. The highest BCUT2D eigenvalue weighted by molar-refractivity contribution is 6.42. The quantitative estimate of drug-likeness (QED) is 0.687. The van der Waals surface area contributed by atoms with Crippen LogP contribution in [0.4, 0.5) is 0 Å². The summed E-state index contributed by atoms with van der Waals surface area (Å²) in [6.45, 7) is 1.81. The number of hydrogen-bond acceptors (Lipinski definition) is 4. The van der Waals surface area contributed by atoms with E-state index in [9.17, 15) is 0 Å². The summed E-state index contributed by atoms with van der Waals surface area (Å²) in [6.07, 6.45) is 1.64. The van der Waals surface area contributed by atoms with Gasteiger partial charge in [-0.25, -0.2) is 4.98 Å². The van der Waals surface area contributed by atoms with Crippen LogP contribution in [0.5, 0.6) is 0 Å². The largest absolute Gasteiger partial charge is 0.272 e. The second-order valence-electron chi connectivity index (χ2n) is 3.73. The van der Waals surface area contributed by atoms with Crippen molar-refractivity contribution in [3.8, 4) is 11.3 Å². The molecule has 1 aromatic carbocycles. The van der Waals surface area contributed by atoms with Gasteiger partial charge in [-0.2, -0.15) is 9.61 Å². The molecule has 5 nitrogen and oxygen atoms in total. The van der Waals surface area contributed by atoms with E-state index >= 15 is 0 Å². The zero-order chi connectivity index (χ0) is 12.7. The number of rotatable bonds is 1. The van der Waals surface area contributed by atoms with Crippen LogP contribution in [-0.4, -0.2) is 24.8 Å². The van der Waals surface area contributed by atoms with Crippen molar-refractivity contribution in [2.45, 2.75) is 6.92 Å². The summed E-state index contributed by atoms with van der Waals surface area (Å²) in [5.74, 6) is 1.15. The van der Waals surface area contributed by atoms with Gasteiger partial charge >= 0.3 is 0 Å². The molecule has 3 aromatic rings. The van der Waals surface area contributed by atoms with Crippen molar-refractivity contribution in [1.82, 2.24) is 24.8 Å². The molecule has 0 aliphatic carbocycles. The van der Waals surface area contributed by atoms with Gasteiger partial charge in [0, 0.05) is 5.56 Å². The first-order chi connectivity index (χ1) is 8.65. The van der Waals surface area contributed by atoms with Crippen molar-refractivity contribution in [1.29, 1.82) is 0 Å². The Morgan fingerprint density at radius 2 is 1.94 bits per heavy atom. The van der Waals surface area contributed by atoms with Crippen molar-refractivity contribution < 1.29 is 0 Å². The SMILES string of the molecule is Cc1nnc2nc(-c3ccc(Cl)c(Cl)c3)cnn12. The normalized spacial score (nSPS) is 11.1. The minimum atomic E-state index is 0.455. The van der Waals surface area contributed by atoms with Gasteiger partial charge < -0.3 is 0 Å². The maximum absolute atomic E-state index is 5.97. The molecule has 7 heteroatoms. The Balaban J connectivity index is 2.16. The average molecular weight is 280 g/mol. The van der Waals surface area contributed by atoms with Crippen molar-refractivity contribution in [2.75, 3.05) is 0 Å². The molecular formula is C11H7Cl2N5. The summed E-state index contributed by atoms with van der Waals surface area (Å²) in [5, 5.41) is 13.0. The fraction of sp³-hybridized carbons (Fsp3) is 0.0909. The standard InChI is InChI=1S/C11H7Cl2N5/c1-6-16-17-11-15-10(5-14-18(6)11)7-2-3-8(12)9(13)4-7/h2-5H,1H3. The van der Waals surface area contributed by atoms with E-state index in [1.807, 2.05) is 13.0 Å². The van der Waals surface area contributed by atoms with E-state index in [1.54, 1.807) is 22.8 Å². The van der Waals surface area contributed by atoms with E-state index in [2.05, 4.69) is 20.3 Å². The second kappa shape index (κ2) is 4.19. The number of hydrogen-bond donors (Lipinski definition) is 0. The third kappa shape index (κ3) is 1.81. The molecular weight excluding hydrogens is 273 g/mol. The lowest BCUT2D eigenvalue weighted by Gasteiger charge is -2.02. The highest BCUT2D eigenvalue weighted by atomic mass is 35.5. The van der Waals surface area contributed by atoms with Crippen molar-refractivity contribution in [2.24, 2.45) is 0 Å². The predicted molar refractivity (Wildman–Crippen MR) is 68.8 cm³/mol. The van der Waals surface area contributed by atoms with Gasteiger partial charge in [-0.15, -0.1) is 10.2 Å². The van der Waals surface area contributed by atoms with Crippen LogP contribution in [0.2, 0.25) is 10.0 Å². The number of benzene rings is 1. The van der Waals surface area contributed by atoms with Gasteiger partial charge in [0.1, 0.15) is 0 Å². The van der Waals surface area contributed by atoms with Crippen LogP contribution in [-0.2, 0) is 0 Å². The Morgan fingerprint density at radius 3 is 2.72 bits per heavy atom. The van der Waals surface area contributed by atoms with E-state index in [0.717, 1.165) is 5.56 Å². The smallest absolute Gasteiger partial charge is 0.208 e. The van der Waals surface area contributed by atoms with E-state index in [0.29, 0.717) is 27.3 Å². The van der Waals surface area contributed by atoms with Crippen molar-refractivity contribution in [3.05, 3.63) is 40.3 Å². The predicted octanol–water partition coefficient (Wildman–Crippen LogP) is 2.80. The zero-order valence-electron chi connectivity index (χ0n) is 9.30. The molecule has 0 unspecified atom stereocenters. The van der Waals surface area contributed by atoms with Gasteiger partial charge in [0.25, 0.3) is 5.78 Å². The number of fused-ring (bicyclic) bond motifs is 1. The summed E-state index contributed by atoms with van der Waals surface area (Å²) in [6, 6.07) is 5.30. The summed E-state index contributed by atoms with van der Waals surface area (Å²) in [4.78, 5) is 4.36. The highest BCUT2D eigenvalue weighted by Gasteiger charge is 2.08. The molecule has 90 valence electrons. The third-order valence-corrected chi connectivity index (χ3v) is 3.25. The molecule has 2 aromatic heterocycles. The molecule has 0 spiro atoms. The lowest BCUT2D eigenvalue weighted by Crippen LogP contribution is -1.97. The Morgan fingerprint density at radius 1 is 1.11 bits per heavy atom. The maximum Gasteiger partial charge on any atom is 0.272 e. The molecule has 18 heavy (non-hydrogen) atoms. The average Bonchev–Trinajstić information content (AvgIpc) is 2.74. The zero-order valence-corrected chi connectivity index (χ0v) is 10.8. The summed E-state index contributed by atoms with van der Waals surface area (Å²) < 4.78 is 1.57. The fourth-order valence-corrected chi connectivity index (χ4v) is 1.89. The summed E-state index contributed by atoms with van der Waals surface area (Å²) in [5.41, 5.74) is 1.51. The van der Waals surface area contributed by atoms with Gasteiger partial charge in [0.05, 0.1) is 21.9 Å². The maximum atomic E-state index is 5.97. The van der Waals surface area contributed by atoms with Gasteiger partial charge in [-0.1, -0.05) is 29.3 Å². The van der Waals surface area contributed by atoms with Crippen LogP contribution < -0.4 is 0 Å². The molecule has 0 saturated heterocycles. The second-order valence-corrected chi connectivity index (χ2v) is 4.54. The van der Waals surface area contributed by atoms with Crippen LogP contribution >= 0.6 is 23.2 Å². The Kier molecular flexibility index (Phi) is 2.65. The lowest BCUT2D eigenvalue weighted by atomic mass is 10.2. The van der Waals surface area contributed by atoms with Crippen LogP contribution in [0.1, 0.15) is 5.82 Å². The van der Waals surface area contributed by atoms with Crippen molar-refractivity contribution >= 4 is 29.0 Å². The molecule has 0 radical (unpaired) electrons. The third-order valence-electron chi connectivity index (χ3n) is 2.51. The molecule has 3 rings (SSSR count). The first kappa shape index (κ1) is 11.4. The van der Waals surface area contributed by atoms with Crippen LogP contribution in [0.25, 0.3) is 17.0 Å². The van der Waals surface area contributed by atoms with Crippen molar-refractivity contribution in [3.63, 3.8) is 0 Å². The number of aryl methyl sites for hydroxylation is 1. The van der Waals surface area contributed by atoms with Crippen LogP contribution in [0, 0.1) is 6.92 Å². The molecule has 0 bridgehead atoms. The first-order valence-corrected chi connectivity index (χ1v) is 5.91. The van der Waals surface area contributed by atoms with Crippen LogP contribution in [0.15, 0.2) is 24.4 Å². The minimum Gasteiger partial charge on any atom is -0.208 e. The van der Waals surface area contributed by atoms with E-state index in [4.69, 9.17) is 23.2 Å².